The molecule has 0 saturated carbocycles. The highest BCUT2D eigenvalue weighted by atomic mass is 31.2. The summed E-state index contributed by atoms with van der Waals surface area (Å²) in [6.45, 7) is 3.36. The fourth-order valence-electron chi connectivity index (χ4n) is 1.03. The Hall–Kier alpha value is -0.950. The number of rotatable bonds is 3. The van der Waals surface area contributed by atoms with Gasteiger partial charge in [-0.25, -0.2) is 0 Å². The number of methoxy groups -OCH3 is 1. The van der Waals surface area contributed by atoms with Gasteiger partial charge in [-0.3, -0.25) is 0 Å². The predicted octanol–water partition coefficient (Wildman–Crippen LogP) is 2.64. The summed E-state index contributed by atoms with van der Waals surface area (Å²) in [5.41, 5.74) is 0.776. The first kappa shape index (κ1) is 10.1. The Bertz CT molecular complexity index is 332. The second-order valence-corrected chi connectivity index (χ2v) is 6.09. The smallest absolute Gasteiger partial charge is 0.164 e. The Kier molecular flexibility index (Phi) is 2.99. The van der Waals surface area contributed by atoms with E-state index >= 15 is 0 Å². The molecule has 1 aromatic rings. The highest BCUT2D eigenvalue weighted by Crippen LogP contribution is 2.39. The third-order valence-corrected chi connectivity index (χ3v) is 2.28. The molecular weight excluding hydrogens is 185 g/mol. The summed E-state index contributed by atoms with van der Waals surface area (Å²) < 4.78 is 16.6. The third-order valence-electron chi connectivity index (χ3n) is 1.50. The highest BCUT2D eigenvalue weighted by Gasteiger charge is 2.09. The van der Waals surface area contributed by atoms with Crippen LogP contribution in [-0.2, 0) is 4.57 Å². The topological polar surface area (TPSA) is 38.3 Å². The van der Waals surface area contributed by atoms with Crippen molar-refractivity contribution < 1.29 is 9.30 Å². The minimum Gasteiger partial charge on any atom is -0.495 e. The molecule has 0 aliphatic heterocycles. The Balaban J connectivity index is 2.94. The molecule has 72 valence electrons. The molecule has 0 heterocycles. The van der Waals surface area contributed by atoms with E-state index in [9.17, 15) is 4.57 Å². The van der Waals surface area contributed by atoms with Crippen LogP contribution in [0.1, 0.15) is 0 Å². The predicted molar refractivity (Wildman–Crippen MR) is 56.1 cm³/mol. The summed E-state index contributed by atoms with van der Waals surface area (Å²) in [5.74, 6) is 0.714. The van der Waals surface area contributed by atoms with Crippen molar-refractivity contribution in [3.8, 4) is 5.75 Å². The van der Waals surface area contributed by atoms with E-state index in [0.717, 1.165) is 5.69 Å². The molecule has 4 heteroatoms. The average molecular weight is 199 g/mol. The van der Waals surface area contributed by atoms with Gasteiger partial charge in [-0.15, -0.1) is 0 Å². The first-order valence-electron chi connectivity index (χ1n) is 3.99. The molecule has 0 aliphatic carbocycles. The lowest BCUT2D eigenvalue weighted by atomic mass is 10.3. The first-order valence-corrected chi connectivity index (χ1v) is 6.59. The Labute approximate surface area is 78.5 Å². The van der Waals surface area contributed by atoms with Crippen molar-refractivity contribution in [1.82, 2.24) is 0 Å². The minimum absolute atomic E-state index is 0.714. The van der Waals surface area contributed by atoms with Crippen LogP contribution < -0.4 is 9.82 Å². The average Bonchev–Trinajstić information content (AvgIpc) is 2.02. The number of ether oxygens (including phenoxy) is 1. The van der Waals surface area contributed by atoms with Gasteiger partial charge in [0.2, 0.25) is 0 Å². The lowest BCUT2D eigenvalue weighted by molar-refractivity contribution is 0.417. The maximum atomic E-state index is 11.5. The molecule has 0 radical (unpaired) electrons. The monoisotopic (exact) mass is 199 g/mol. The number of nitrogens with one attached hydrogen (secondary N) is 1. The van der Waals surface area contributed by atoms with Crippen LogP contribution in [-0.4, -0.2) is 20.4 Å². The zero-order valence-electron chi connectivity index (χ0n) is 8.07. The normalized spacial score (nSPS) is 11.0. The molecule has 0 spiro atoms. The number of anilines is 1. The molecule has 3 nitrogen and oxygen atoms in total. The van der Waals surface area contributed by atoms with Gasteiger partial charge in [0.05, 0.1) is 12.8 Å². The molecular formula is C9H14NO2P. The van der Waals surface area contributed by atoms with E-state index in [2.05, 4.69) is 5.09 Å². The van der Waals surface area contributed by atoms with Gasteiger partial charge >= 0.3 is 0 Å². The van der Waals surface area contributed by atoms with Crippen LogP contribution in [0.4, 0.5) is 5.69 Å². The van der Waals surface area contributed by atoms with Crippen LogP contribution in [0.3, 0.4) is 0 Å². The Morgan fingerprint density at radius 1 is 1.31 bits per heavy atom. The van der Waals surface area contributed by atoms with Crippen LogP contribution in [0.15, 0.2) is 24.3 Å². The van der Waals surface area contributed by atoms with Gasteiger partial charge in [0.15, 0.2) is 7.29 Å². The van der Waals surface area contributed by atoms with Crippen molar-refractivity contribution in [2.45, 2.75) is 0 Å². The molecule has 0 aromatic heterocycles. The zero-order valence-corrected chi connectivity index (χ0v) is 8.97. The summed E-state index contributed by atoms with van der Waals surface area (Å²) in [5, 5.41) is 2.93. The second kappa shape index (κ2) is 3.84. The zero-order chi connectivity index (χ0) is 9.90. The molecule has 1 aromatic carbocycles. The van der Waals surface area contributed by atoms with Gasteiger partial charge in [0.1, 0.15) is 5.75 Å². The molecule has 0 saturated heterocycles. The van der Waals surface area contributed by atoms with E-state index in [1.165, 1.54) is 0 Å². The van der Waals surface area contributed by atoms with Crippen LogP contribution in [0.5, 0.6) is 5.75 Å². The van der Waals surface area contributed by atoms with Crippen LogP contribution in [0, 0.1) is 0 Å². The van der Waals surface area contributed by atoms with Crippen molar-refractivity contribution in [2.75, 3.05) is 25.5 Å². The summed E-state index contributed by atoms with van der Waals surface area (Å²) in [7, 11) is -0.664. The summed E-state index contributed by atoms with van der Waals surface area (Å²) in [4.78, 5) is 0. The van der Waals surface area contributed by atoms with Gasteiger partial charge in [-0.2, -0.15) is 0 Å². The quantitative estimate of drug-likeness (QED) is 0.760. The van der Waals surface area contributed by atoms with E-state index < -0.39 is 7.29 Å². The Morgan fingerprint density at radius 2 is 1.92 bits per heavy atom. The molecule has 0 fully saturated rings. The number of para-hydroxylation sites is 2. The largest absolute Gasteiger partial charge is 0.495 e. The molecule has 0 bridgehead atoms. The van der Waals surface area contributed by atoms with E-state index in [0.29, 0.717) is 5.75 Å². The second-order valence-electron chi connectivity index (χ2n) is 3.16. The minimum atomic E-state index is -2.26. The van der Waals surface area contributed by atoms with Gasteiger partial charge in [-0.05, 0) is 12.1 Å². The van der Waals surface area contributed by atoms with E-state index in [1.807, 2.05) is 24.3 Å². The van der Waals surface area contributed by atoms with Gasteiger partial charge < -0.3 is 14.4 Å². The molecule has 0 amide bonds. The van der Waals surface area contributed by atoms with Crippen LogP contribution >= 0.6 is 7.29 Å². The SMILES string of the molecule is COc1ccccc1NP(C)(C)=O. The molecule has 0 unspecified atom stereocenters. The molecule has 1 rings (SSSR count). The summed E-state index contributed by atoms with van der Waals surface area (Å²) >= 11 is 0. The third kappa shape index (κ3) is 3.11. The van der Waals surface area contributed by atoms with E-state index in [1.54, 1.807) is 20.4 Å². The summed E-state index contributed by atoms with van der Waals surface area (Å²) in [6, 6.07) is 7.43. The lowest BCUT2D eigenvalue weighted by Gasteiger charge is -2.13. The fourth-order valence-corrected chi connectivity index (χ4v) is 1.79. The van der Waals surface area contributed by atoms with Crippen LogP contribution in [0.25, 0.3) is 0 Å². The van der Waals surface area contributed by atoms with Crippen molar-refractivity contribution in [2.24, 2.45) is 0 Å². The van der Waals surface area contributed by atoms with E-state index in [4.69, 9.17) is 4.74 Å². The maximum Gasteiger partial charge on any atom is 0.164 e. The van der Waals surface area contributed by atoms with Gasteiger partial charge in [0, 0.05) is 13.3 Å². The lowest BCUT2D eigenvalue weighted by Crippen LogP contribution is -1.96. The van der Waals surface area contributed by atoms with E-state index in [-0.39, 0.29) is 0 Å². The van der Waals surface area contributed by atoms with Crippen molar-refractivity contribution in [1.29, 1.82) is 0 Å². The number of hydrogen-bond acceptors (Lipinski definition) is 2. The molecule has 1 N–H and O–H groups in total. The first-order chi connectivity index (χ1) is 6.03. The molecule has 0 aliphatic rings. The van der Waals surface area contributed by atoms with Crippen molar-refractivity contribution in [3.63, 3.8) is 0 Å². The maximum absolute atomic E-state index is 11.5. The standard InChI is InChI=1S/C9H14NO2P/c1-12-9-7-5-4-6-8(9)10-13(2,3)11/h4-7H,1-3H3,(H,10,11). The highest BCUT2D eigenvalue weighted by molar-refractivity contribution is 7.63. The Morgan fingerprint density at radius 3 is 2.46 bits per heavy atom. The van der Waals surface area contributed by atoms with Crippen LogP contribution in [0.2, 0.25) is 0 Å². The van der Waals surface area contributed by atoms with Gasteiger partial charge in [0.25, 0.3) is 0 Å². The molecule has 0 atom stereocenters. The fraction of sp³-hybridized carbons (Fsp3) is 0.333. The molecule has 13 heavy (non-hydrogen) atoms. The number of hydrogen-bond donors (Lipinski definition) is 1. The van der Waals surface area contributed by atoms with Crippen molar-refractivity contribution >= 4 is 13.0 Å². The van der Waals surface area contributed by atoms with Gasteiger partial charge in [-0.1, -0.05) is 12.1 Å². The number of benzene rings is 1. The van der Waals surface area contributed by atoms with Crippen molar-refractivity contribution in [3.05, 3.63) is 24.3 Å². The summed E-state index contributed by atoms with van der Waals surface area (Å²) in [6.07, 6.45) is 0.